The van der Waals surface area contributed by atoms with Crippen LogP contribution >= 0.6 is 0 Å². The molecule has 0 aliphatic carbocycles. The molecule has 0 amide bonds. The van der Waals surface area contributed by atoms with Crippen LogP contribution in [-0.2, 0) is 9.53 Å². The van der Waals surface area contributed by atoms with Crippen molar-refractivity contribution >= 4 is 5.97 Å². The Labute approximate surface area is 59.3 Å². The van der Waals surface area contributed by atoms with E-state index in [2.05, 4.69) is 11.3 Å². The molecule has 0 saturated carbocycles. The number of aliphatic hydroxyl groups is 1. The van der Waals surface area contributed by atoms with Crippen LogP contribution in [0.15, 0.2) is 12.7 Å². The fraction of sp³-hybridized carbons (Fsp3) is 0.500. The summed E-state index contributed by atoms with van der Waals surface area (Å²) in [5.74, 6) is -0.743. The van der Waals surface area contributed by atoms with Gasteiger partial charge in [0.2, 0.25) is 0 Å². The molecule has 4 heteroatoms. The van der Waals surface area contributed by atoms with Crippen LogP contribution < -0.4 is 5.73 Å². The topological polar surface area (TPSA) is 72.5 Å². The number of nitrogens with two attached hydrogens (primary N) is 1. The van der Waals surface area contributed by atoms with Gasteiger partial charge in [-0.05, 0) is 0 Å². The average molecular weight is 145 g/mol. The van der Waals surface area contributed by atoms with Gasteiger partial charge in [0.1, 0.15) is 0 Å². The van der Waals surface area contributed by atoms with E-state index in [0.717, 1.165) is 0 Å². The van der Waals surface area contributed by atoms with Gasteiger partial charge < -0.3 is 15.6 Å². The lowest BCUT2D eigenvalue weighted by molar-refractivity contribution is -0.150. The molecule has 4 nitrogen and oxygen atoms in total. The fourth-order valence-corrected chi connectivity index (χ4v) is 0.407. The molecule has 0 bridgehead atoms. The molecule has 0 heterocycles. The van der Waals surface area contributed by atoms with Crippen molar-refractivity contribution in [1.29, 1.82) is 0 Å². The van der Waals surface area contributed by atoms with Crippen LogP contribution in [0.25, 0.3) is 0 Å². The highest BCUT2D eigenvalue weighted by Crippen LogP contribution is 1.92. The van der Waals surface area contributed by atoms with Crippen LogP contribution in [0.1, 0.15) is 0 Å². The Bertz CT molecular complexity index is 135. The second kappa shape index (κ2) is 4.03. The third-order valence-electron chi connectivity index (χ3n) is 1.08. The normalized spacial score (nSPS) is 15.5. The minimum absolute atomic E-state index is 0.743. The Balaban J connectivity index is 3.93. The van der Waals surface area contributed by atoms with Gasteiger partial charge in [0, 0.05) is 0 Å². The van der Waals surface area contributed by atoms with Gasteiger partial charge in [0.05, 0.1) is 13.2 Å². The minimum atomic E-state index is -1.30. The zero-order chi connectivity index (χ0) is 8.15. The first-order valence-corrected chi connectivity index (χ1v) is 2.77. The number of hydrogen-bond acceptors (Lipinski definition) is 4. The maximum Gasteiger partial charge on any atom is 0.336 e. The average Bonchev–Trinajstić information content (AvgIpc) is 2.00. The van der Waals surface area contributed by atoms with Crippen molar-refractivity contribution in [2.45, 2.75) is 12.1 Å². The van der Waals surface area contributed by atoms with Crippen molar-refractivity contribution in [3.63, 3.8) is 0 Å². The van der Waals surface area contributed by atoms with Crippen LogP contribution in [0.4, 0.5) is 0 Å². The molecule has 0 aliphatic heterocycles. The summed E-state index contributed by atoms with van der Waals surface area (Å²) in [6.07, 6.45) is -0.0239. The van der Waals surface area contributed by atoms with Crippen molar-refractivity contribution in [1.82, 2.24) is 0 Å². The van der Waals surface area contributed by atoms with Gasteiger partial charge in [0.25, 0.3) is 0 Å². The predicted octanol–water partition coefficient (Wildman–Crippen LogP) is -0.966. The van der Waals surface area contributed by atoms with E-state index in [1.165, 1.54) is 13.2 Å². The lowest BCUT2D eigenvalue weighted by Gasteiger charge is -2.11. The summed E-state index contributed by atoms with van der Waals surface area (Å²) in [5, 5.41) is 8.92. The van der Waals surface area contributed by atoms with Gasteiger partial charge in [-0.15, -0.1) is 6.58 Å². The summed E-state index contributed by atoms with van der Waals surface area (Å²) in [5.41, 5.74) is 5.22. The Morgan fingerprint density at radius 1 is 1.90 bits per heavy atom. The summed E-state index contributed by atoms with van der Waals surface area (Å²) in [4.78, 5) is 10.5. The van der Waals surface area contributed by atoms with E-state index < -0.39 is 18.1 Å². The summed E-state index contributed by atoms with van der Waals surface area (Å²) < 4.78 is 4.22. The van der Waals surface area contributed by atoms with Crippen molar-refractivity contribution in [2.75, 3.05) is 7.11 Å². The Hall–Kier alpha value is -0.870. The molecule has 10 heavy (non-hydrogen) atoms. The molecule has 0 radical (unpaired) electrons. The smallest absolute Gasteiger partial charge is 0.336 e. The maximum absolute atomic E-state index is 10.5. The molecular formula is C6H11NO3. The number of hydrogen-bond donors (Lipinski definition) is 2. The first kappa shape index (κ1) is 9.13. The summed E-state index contributed by atoms with van der Waals surface area (Å²) in [6.45, 7) is 3.31. The van der Waals surface area contributed by atoms with E-state index >= 15 is 0 Å². The van der Waals surface area contributed by atoms with Crippen molar-refractivity contribution < 1.29 is 14.6 Å². The first-order valence-electron chi connectivity index (χ1n) is 2.77. The molecule has 0 aliphatic rings. The Kier molecular flexibility index (Phi) is 3.68. The van der Waals surface area contributed by atoms with Crippen LogP contribution in [0.5, 0.6) is 0 Å². The third-order valence-corrected chi connectivity index (χ3v) is 1.08. The second-order valence-electron chi connectivity index (χ2n) is 1.78. The van der Waals surface area contributed by atoms with Gasteiger partial charge in [-0.3, -0.25) is 0 Å². The van der Waals surface area contributed by atoms with Crippen molar-refractivity contribution in [2.24, 2.45) is 5.73 Å². The molecule has 0 fully saturated rings. The summed E-state index contributed by atoms with van der Waals surface area (Å²) >= 11 is 0. The molecule has 2 atom stereocenters. The van der Waals surface area contributed by atoms with Gasteiger partial charge in [-0.25, -0.2) is 4.79 Å². The van der Waals surface area contributed by atoms with E-state index in [1.54, 1.807) is 0 Å². The highest BCUT2D eigenvalue weighted by atomic mass is 16.5. The molecule has 0 aromatic heterocycles. The summed E-state index contributed by atoms with van der Waals surface area (Å²) in [6, 6.07) is -0.757. The standard InChI is InChI=1S/C6H11NO3/c1-3-4(7)5(8)6(9)10-2/h3-5,8H,1,7H2,2H3. The second-order valence-corrected chi connectivity index (χ2v) is 1.78. The molecular weight excluding hydrogens is 134 g/mol. The highest BCUT2D eigenvalue weighted by molar-refractivity contribution is 5.75. The number of carbonyl (C=O) groups is 1. The molecule has 2 unspecified atom stereocenters. The molecule has 3 N–H and O–H groups in total. The molecule has 0 spiro atoms. The Morgan fingerprint density at radius 3 is 2.70 bits per heavy atom. The van der Waals surface area contributed by atoms with Crippen molar-refractivity contribution in [3.8, 4) is 0 Å². The minimum Gasteiger partial charge on any atom is -0.467 e. The van der Waals surface area contributed by atoms with Gasteiger partial charge in [-0.2, -0.15) is 0 Å². The number of esters is 1. The maximum atomic E-state index is 10.5. The zero-order valence-corrected chi connectivity index (χ0v) is 5.78. The lowest BCUT2D eigenvalue weighted by Crippen LogP contribution is -2.39. The SMILES string of the molecule is C=CC(N)C(O)C(=O)OC. The number of ether oxygens (including phenoxy) is 1. The predicted molar refractivity (Wildman–Crippen MR) is 36.2 cm³/mol. The molecule has 58 valence electrons. The van der Waals surface area contributed by atoms with E-state index in [1.807, 2.05) is 0 Å². The molecule has 0 aromatic rings. The highest BCUT2D eigenvalue weighted by Gasteiger charge is 2.20. The number of carbonyl (C=O) groups excluding carboxylic acids is 1. The van der Waals surface area contributed by atoms with Gasteiger partial charge in [-0.1, -0.05) is 6.08 Å². The fourth-order valence-electron chi connectivity index (χ4n) is 0.407. The molecule has 0 saturated heterocycles. The van der Waals surface area contributed by atoms with E-state index in [-0.39, 0.29) is 0 Å². The molecule has 0 rings (SSSR count). The first-order chi connectivity index (χ1) is 4.63. The van der Waals surface area contributed by atoms with Gasteiger partial charge >= 0.3 is 5.97 Å². The number of methoxy groups -OCH3 is 1. The third kappa shape index (κ3) is 2.16. The Morgan fingerprint density at radius 2 is 2.40 bits per heavy atom. The van der Waals surface area contributed by atoms with E-state index in [9.17, 15) is 4.79 Å². The largest absolute Gasteiger partial charge is 0.467 e. The van der Waals surface area contributed by atoms with E-state index in [0.29, 0.717) is 0 Å². The number of rotatable bonds is 3. The van der Waals surface area contributed by atoms with Crippen molar-refractivity contribution in [3.05, 3.63) is 12.7 Å². The summed E-state index contributed by atoms with van der Waals surface area (Å²) in [7, 11) is 1.18. The van der Waals surface area contributed by atoms with Gasteiger partial charge in [0.15, 0.2) is 6.10 Å². The van der Waals surface area contributed by atoms with E-state index in [4.69, 9.17) is 10.8 Å². The van der Waals surface area contributed by atoms with Crippen LogP contribution in [-0.4, -0.2) is 30.3 Å². The van der Waals surface area contributed by atoms with Crippen LogP contribution in [0.3, 0.4) is 0 Å². The quantitative estimate of drug-likeness (QED) is 0.396. The number of aliphatic hydroxyl groups excluding tert-OH is 1. The van der Waals surface area contributed by atoms with Crippen LogP contribution in [0, 0.1) is 0 Å². The van der Waals surface area contributed by atoms with Crippen LogP contribution in [0.2, 0.25) is 0 Å². The monoisotopic (exact) mass is 145 g/mol. The zero-order valence-electron chi connectivity index (χ0n) is 5.78. The lowest BCUT2D eigenvalue weighted by atomic mass is 10.2. The molecule has 0 aromatic carbocycles.